The molecule has 1 aromatic carbocycles. The number of azo groups is 1. The topological polar surface area (TPSA) is 116 Å². The van der Waals surface area contributed by atoms with Gasteiger partial charge in [-0.1, -0.05) is 6.07 Å². The maximum absolute atomic E-state index is 12.0. The highest BCUT2D eigenvalue weighted by atomic mass is 16.5. The first-order valence-electron chi connectivity index (χ1n) is 6.22. The molecule has 0 saturated carbocycles. The van der Waals surface area contributed by atoms with Gasteiger partial charge in [0.1, 0.15) is 11.4 Å². The lowest BCUT2D eigenvalue weighted by Crippen LogP contribution is -2.38. The molecular weight excluding hydrogens is 272 g/mol. The molecule has 1 amide bonds. The quantitative estimate of drug-likeness (QED) is 0.499. The summed E-state index contributed by atoms with van der Waals surface area (Å²) in [6, 6.07) is 4.61. The number of aryl methyl sites for hydroxylation is 1. The zero-order valence-electron chi connectivity index (χ0n) is 12.0. The minimum absolute atomic E-state index is 0.436. The van der Waals surface area contributed by atoms with Gasteiger partial charge in [-0.05, 0) is 31.5 Å². The molecule has 3 N–H and O–H groups in total. The maximum atomic E-state index is 12.0. The first-order chi connectivity index (χ1) is 9.93. The van der Waals surface area contributed by atoms with Crippen molar-refractivity contribution in [1.29, 1.82) is 5.41 Å². The highest BCUT2D eigenvalue weighted by Crippen LogP contribution is 2.29. The second kappa shape index (κ2) is 5.70. The Morgan fingerprint density at radius 2 is 2.19 bits per heavy atom. The Morgan fingerprint density at radius 1 is 1.48 bits per heavy atom. The van der Waals surface area contributed by atoms with E-state index in [9.17, 15) is 4.79 Å². The highest BCUT2D eigenvalue weighted by Gasteiger charge is 2.35. The minimum atomic E-state index is -0.862. The number of rotatable bonds is 3. The Morgan fingerprint density at radius 3 is 2.76 bits per heavy atom. The first-order valence-corrected chi connectivity index (χ1v) is 6.22. The number of amides is 1. The monoisotopic (exact) mass is 288 g/mol. The fraction of sp³-hybridized carbons (Fsp3) is 0.308. The molecule has 0 bridgehead atoms. The van der Waals surface area contributed by atoms with Crippen LogP contribution in [0, 0.1) is 12.3 Å². The molecule has 8 nitrogen and oxygen atoms in total. The molecule has 1 aliphatic heterocycles. The van der Waals surface area contributed by atoms with Crippen LogP contribution < -0.4 is 10.5 Å². The van der Waals surface area contributed by atoms with E-state index in [1.807, 2.05) is 13.0 Å². The molecule has 110 valence electrons. The molecule has 1 heterocycles. The lowest BCUT2D eigenvalue weighted by Gasteiger charge is -2.09. The average molecular weight is 288 g/mol. The van der Waals surface area contributed by atoms with Crippen LogP contribution in [-0.4, -0.2) is 35.7 Å². The summed E-state index contributed by atoms with van der Waals surface area (Å²) in [5, 5.41) is 20.1. The van der Waals surface area contributed by atoms with Gasteiger partial charge in [0.25, 0.3) is 5.91 Å². The van der Waals surface area contributed by atoms with Gasteiger partial charge in [0.2, 0.25) is 5.96 Å². The highest BCUT2D eigenvalue weighted by molar-refractivity contribution is 6.15. The first kappa shape index (κ1) is 14.6. The predicted molar refractivity (Wildman–Crippen MR) is 77.9 cm³/mol. The van der Waals surface area contributed by atoms with Crippen molar-refractivity contribution in [3.8, 4) is 5.75 Å². The SMILES string of the molecule is COc1ccc(C)cc1N=N[C@@H]1C(=O)N(C(=N)N)N=C1C. The van der Waals surface area contributed by atoms with Gasteiger partial charge in [-0.25, -0.2) is 0 Å². The average Bonchev–Trinajstić information content (AvgIpc) is 2.72. The molecule has 1 atom stereocenters. The minimum Gasteiger partial charge on any atom is -0.494 e. The van der Waals surface area contributed by atoms with E-state index in [1.54, 1.807) is 19.1 Å². The Hall–Kier alpha value is -2.77. The summed E-state index contributed by atoms with van der Waals surface area (Å²) in [4.78, 5) is 12.0. The largest absolute Gasteiger partial charge is 0.494 e. The van der Waals surface area contributed by atoms with E-state index in [2.05, 4.69) is 15.3 Å². The Bertz CT molecular complexity index is 652. The van der Waals surface area contributed by atoms with E-state index >= 15 is 0 Å². The number of hydrogen-bond acceptors (Lipinski definition) is 6. The zero-order valence-corrected chi connectivity index (χ0v) is 12.0. The lowest BCUT2D eigenvalue weighted by molar-refractivity contribution is -0.126. The van der Waals surface area contributed by atoms with E-state index in [0.29, 0.717) is 17.1 Å². The number of nitrogens with two attached hydrogens (primary N) is 1. The second-order valence-electron chi connectivity index (χ2n) is 4.57. The van der Waals surface area contributed by atoms with Crippen molar-refractivity contribution in [1.82, 2.24) is 5.01 Å². The predicted octanol–water partition coefficient (Wildman–Crippen LogP) is 1.57. The number of hydrogen-bond donors (Lipinski definition) is 2. The van der Waals surface area contributed by atoms with Crippen LogP contribution in [0.3, 0.4) is 0 Å². The van der Waals surface area contributed by atoms with Crippen molar-refractivity contribution >= 4 is 23.3 Å². The molecule has 0 spiro atoms. The van der Waals surface area contributed by atoms with Crippen molar-refractivity contribution in [3.63, 3.8) is 0 Å². The third-order valence-corrected chi connectivity index (χ3v) is 2.94. The van der Waals surface area contributed by atoms with Crippen molar-refractivity contribution in [2.45, 2.75) is 19.9 Å². The van der Waals surface area contributed by atoms with Crippen molar-refractivity contribution < 1.29 is 9.53 Å². The number of ether oxygens (including phenoxy) is 1. The van der Waals surface area contributed by atoms with Crippen LogP contribution in [0.1, 0.15) is 12.5 Å². The van der Waals surface area contributed by atoms with Crippen LogP contribution in [0.15, 0.2) is 33.5 Å². The second-order valence-corrected chi connectivity index (χ2v) is 4.57. The Balaban J connectivity index is 2.26. The molecule has 0 fully saturated rings. The number of benzene rings is 1. The lowest BCUT2D eigenvalue weighted by atomic mass is 10.2. The molecule has 2 rings (SSSR count). The number of nitrogens with zero attached hydrogens (tertiary/aromatic N) is 4. The van der Waals surface area contributed by atoms with Crippen molar-refractivity contribution in [2.24, 2.45) is 21.1 Å². The molecule has 21 heavy (non-hydrogen) atoms. The van der Waals surface area contributed by atoms with Crippen molar-refractivity contribution in [2.75, 3.05) is 7.11 Å². The van der Waals surface area contributed by atoms with Crippen LogP contribution in [0.4, 0.5) is 5.69 Å². The molecule has 0 radical (unpaired) electrons. The summed E-state index contributed by atoms with van der Waals surface area (Å²) < 4.78 is 5.20. The molecule has 1 aromatic rings. The summed E-state index contributed by atoms with van der Waals surface area (Å²) in [7, 11) is 1.54. The normalized spacial score (nSPS) is 18.2. The van der Waals surface area contributed by atoms with Gasteiger partial charge >= 0.3 is 0 Å². The Labute approximate surface area is 121 Å². The maximum Gasteiger partial charge on any atom is 0.282 e. The number of carbonyl (C=O) groups excluding carboxylic acids is 1. The van der Waals surface area contributed by atoms with Crippen LogP contribution >= 0.6 is 0 Å². The Kier molecular flexibility index (Phi) is 3.97. The number of hydrazone groups is 1. The molecule has 1 aliphatic rings. The van der Waals surface area contributed by atoms with Crippen LogP contribution in [0.5, 0.6) is 5.75 Å². The summed E-state index contributed by atoms with van der Waals surface area (Å²) in [6.45, 7) is 3.56. The number of nitrogens with one attached hydrogen (secondary N) is 1. The van der Waals surface area contributed by atoms with Crippen molar-refractivity contribution in [3.05, 3.63) is 23.8 Å². The van der Waals surface area contributed by atoms with E-state index in [1.165, 1.54) is 7.11 Å². The van der Waals surface area contributed by atoms with Gasteiger partial charge in [0.05, 0.1) is 12.8 Å². The van der Waals surface area contributed by atoms with Crippen LogP contribution in [0.2, 0.25) is 0 Å². The smallest absolute Gasteiger partial charge is 0.282 e. The van der Waals surface area contributed by atoms with E-state index < -0.39 is 17.9 Å². The van der Waals surface area contributed by atoms with Gasteiger partial charge in [0, 0.05) is 0 Å². The third-order valence-electron chi connectivity index (χ3n) is 2.94. The molecule has 0 saturated heterocycles. The van der Waals surface area contributed by atoms with Gasteiger partial charge in [-0.15, -0.1) is 0 Å². The van der Waals surface area contributed by atoms with Gasteiger partial charge < -0.3 is 10.5 Å². The molecule has 8 heteroatoms. The molecular formula is C13H16N6O2. The van der Waals surface area contributed by atoms with E-state index in [4.69, 9.17) is 15.9 Å². The summed E-state index contributed by atoms with van der Waals surface area (Å²) >= 11 is 0. The summed E-state index contributed by atoms with van der Waals surface area (Å²) in [5.41, 5.74) is 7.24. The summed E-state index contributed by atoms with van der Waals surface area (Å²) in [6.07, 6.45) is 0. The molecule has 0 unspecified atom stereocenters. The van der Waals surface area contributed by atoms with Crippen LogP contribution in [-0.2, 0) is 4.79 Å². The fourth-order valence-corrected chi connectivity index (χ4v) is 1.86. The fourth-order valence-electron chi connectivity index (χ4n) is 1.86. The zero-order chi connectivity index (χ0) is 15.6. The number of carbonyl (C=O) groups is 1. The van der Waals surface area contributed by atoms with E-state index in [-0.39, 0.29) is 0 Å². The number of methoxy groups -OCH3 is 1. The third kappa shape index (κ3) is 2.88. The standard InChI is InChI=1S/C13H16N6O2/c1-7-4-5-10(21-3)9(6-7)16-17-11-8(2)18-19(12(11)20)13(14)15/h4-6,11H,1-3H3,(H3,14,15)/t11-/m0/s1. The van der Waals surface area contributed by atoms with E-state index in [0.717, 1.165) is 10.6 Å². The number of guanidine groups is 1. The summed E-state index contributed by atoms with van der Waals surface area (Å²) in [5.74, 6) is -0.367. The van der Waals surface area contributed by atoms with Gasteiger partial charge in [0.15, 0.2) is 6.04 Å². The van der Waals surface area contributed by atoms with Crippen LogP contribution in [0.25, 0.3) is 0 Å². The molecule has 0 aromatic heterocycles. The van der Waals surface area contributed by atoms with Gasteiger partial charge in [-0.2, -0.15) is 20.3 Å². The molecule has 0 aliphatic carbocycles. The van der Waals surface area contributed by atoms with Gasteiger partial charge in [-0.3, -0.25) is 10.2 Å².